The van der Waals surface area contributed by atoms with Gasteiger partial charge in [0.05, 0.1) is 11.0 Å². The maximum absolute atomic E-state index is 12.3. The Bertz CT molecular complexity index is 1140. The molecule has 28 heavy (non-hydrogen) atoms. The largest absolute Gasteiger partial charge is 0.338 e. The zero-order valence-electron chi connectivity index (χ0n) is 14.6. The first-order chi connectivity index (χ1) is 13.6. The molecule has 0 aliphatic heterocycles. The Balaban J connectivity index is 1.47. The number of rotatable bonds is 3. The molecule has 0 saturated carbocycles. The summed E-state index contributed by atoms with van der Waals surface area (Å²) < 4.78 is 0.909. The van der Waals surface area contributed by atoms with Crippen LogP contribution in [-0.4, -0.2) is 21.0 Å². The first-order valence-electron chi connectivity index (χ1n) is 8.51. The first kappa shape index (κ1) is 18.3. The van der Waals surface area contributed by atoms with Crippen molar-refractivity contribution in [3.8, 4) is 11.4 Å². The molecule has 3 aromatic carbocycles. The SMILES string of the molecule is O=C(NC(=S)Nc1cccc(-c2nc3ccccc3[nH]2)c1)c1ccc(Br)cc1. The van der Waals surface area contributed by atoms with Crippen molar-refractivity contribution in [1.29, 1.82) is 0 Å². The van der Waals surface area contributed by atoms with Crippen LogP contribution in [0, 0.1) is 0 Å². The van der Waals surface area contributed by atoms with Gasteiger partial charge in [0, 0.05) is 21.3 Å². The molecule has 138 valence electrons. The van der Waals surface area contributed by atoms with Crippen LogP contribution in [0.2, 0.25) is 0 Å². The van der Waals surface area contributed by atoms with E-state index < -0.39 is 0 Å². The lowest BCUT2D eigenvalue weighted by Crippen LogP contribution is -2.34. The van der Waals surface area contributed by atoms with E-state index in [1.807, 2.05) is 60.7 Å². The Morgan fingerprint density at radius 3 is 2.57 bits per heavy atom. The number of fused-ring (bicyclic) bond motifs is 1. The fourth-order valence-corrected chi connectivity index (χ4v) is 3.25. The van der Waals surface area contributed by atoms with Gasteiger partial charge in [0.25, 0.3) is 5.91 Å². The Hall–Kier alpha value is -3.03. The number of amides is 1. The standard InChI is InChI=1S/C21H15BrN4OS/c22-15-10-8-13(9-11-15)20(27)26-21(28)23-16-5-3-4-14(12-16)19-24-17-6-1-2-7-18(17)25-19/h1-12H,(H,24,25)(H2,23,26,27,28). The van der Waals surface area contributed by atoms with Crippen LogP contribution < -0.4 is 10.6 Å². The van der Waals surface area contributed by atoms with Crippen molar-refractivity contribution in [2.45, 2.75) is 0 Å². The third-order valence-corrected chi connectivity index (χ3v) is 4.85. The number of nitrogens with zero attached hydrogens (tertiary/aromatic N) is 1. The number of carbonyl (C=O) groups is 1. The molecule has 0 saturated heterocycles. The van der Waals surface area contributed by atoms with Crippen LogP contribution in [0.15, 0.2) is 77.3 Å². The van der Waals surface area contributed by atoms with Gasteiger partial charge < -0.3 is 10.3 Å². The minimum atomic E-state index is -0.265. The highest BCUT2D eigenvalue weighted by atomic mass is 79.9. The van der Waals surface area contributed by atoms with E-state index in [9.17, 15) is 4.79 Å². The summed E-state index contributed by atoms with van der Waals surface area (Å²) in [6.45, 7) is 0. The van der Waals surface area contributed by atoms with Gasteiger partial charge in [-0.25, -0.2) is 4.98 Å². The lowest BCUT2D eigenvalue weighted by atomic mass is 10.2. The average Bonchev–Trinajstić information content (AvgIpc) is 3.13. The molecular weight excluding hydrogens is 436 g/mol. The van der Waals surface area contributed by atoms with Gasteiger partial charge >= 0.3 is 0 Å². The van der Waals surface area contributed by atoms with Crippen LogP contribution in [0.5, 0.6) is 0 Å². The van der Waals surface area contributed by atoms with Crippen LogP contribution in [0.4, 0.5) is 5.69 Å². The highest BCUT2D eigenvalue weighted by Gasteiger charge is 2.09. The summed E-state index contributed by atoms with van der Waals surface area (Å²) in [5.41, 5.74) is 4.10. The molecule has 0 radical (unpaired) electrons. The number of thiocarbonyl (C=S) groups is 1. The molecule has 4 rings (SSSR count). The average molecular weight is 451 g/mol. The van der Waals surface area contributed by atoms with Gasteiger partial charge in [0.2, 0.25) is 0 Å². The number of para-hydroxylation sites is 2. The Labute approximate surface area is 175 Å². The highest BCUT2D eigenvalue weighted by Crippen LogP contribution is 2.23. The quantitative estimate of drug-likeness (QED) is 0.379. The molecule has 1 aromatic heterocycles. The summed E-state index contributed by atoms with van der Waals surface area (Å²) in [7, 11) is 0. The summed E-state index contributed by atoms with van der Waals surface area (Å²) in [4.78, 5) is 20.2. The Kier molecular flexibility index (Phi) is 5.18. The molecule has 0 fully saturated rings. The van der Waals surface area contributed by atoms with E-state index in [4.69, 9.17) is 12.2 Å². The number of carbonyl (C=O) groups excluding carboxylic acids is 1. The zero-order chi connectivity index (χ0) is 19.5. The highest BCUT2D eigenvalue weighted by molar-refractivity contribution is 9.10. The first-order valence-corrected chi connectivity index (χ1v) is 9.72. The maximum Gasteiger partial charge on any atom is 0.257 e. The van der Waals surface area contributed by atoms with Crippen molar-refractivity contribution in [2.75, 3.05) is 5.32 Å². The van der Waals surface area contributed by atoms with Gasteiger partial charge in [-0.1, -0.05) is 40.2 Å². The molecule has 0 spiro atoms. The molecule has 0 aliphatic carbocycles. The minimum Gasteiger partial charge on any atom is -0.338 e. The van der Waals surface area contributed by atoms with Crippen molar-refractivity contribution in [1.82, 2.24) is 15.3 Å². The second-order valence-electron chi connectivity index (χ2n) is 6.10. The lowest BCUT2D eigenvalue weighted by Gasteiger charge is -2.10. The van der Waals surface area contributed by atoms with Crippen LogP contribution in [0.1, 0.15) is 10.4 Å². The predicted octanol–water partition coefficient (Wildman–Crippen LogP) is 5.12. The smallest absolute Gasteiger partial charge is 0.257 e. The molecule has 0 unspecified atom stereocenters. The summed E-state index contributed by atoms with van der Waals surface area (Å²) >= 11 is 8.62. The minimum absolute atomic E-state index is 0.231. The summed E-state index contributed by atoms with van der Waals surface area (Å²) in [6.07, 6.45) is 0. The van der Waals surface area contributed by atoms with Gasteiger partial charge in [0.15, 0.2) is 5.11 Å². The van der Waals surface area contributed by atoms with Crippen molar-refractivity contribution in [3.63, 3.8) is 0 Å². The van der Waals surface area contributed by atoms with Gasteiger partial charge in [-0.3, -0.25) is 10.1 Å². The molecule has 3 N–H and O–H groups in total. The number of halogens is 1. The second-order valence-corrected chi connectivity index (χ2v) is 7.42. The molecule has 0 aliphatic rings. The number of benzene rings is 3. The van der Waals surface area contributed by atoms with E-state index in [0.717, 1.165) is 32.6 Å². The molecule has 5 nitrogen and oxygen atoms in total. The molecule has 4 aromatic rings. The number of anilines is 1. The Morgan fingerprint density at radius 2 is 1.79 bits per heavy atom. The van der Waals surface area contributed by atoms with E-state index in [2.05, 4.69) is 36.5 Å². The fraction of sp³-hybridized carbons (Fsp3) is 0. The van der Waals surface area contributed by atoms with E-state index in [1.165, 1.54) is 0 Å². The number of H-pyrrole nitrogens is 1. The predicted molar refractivity (Wildman–Crippen MR) is 119 cm³/mol. The van der Waals surface area contributed by atoms with E-state index in [0.29, 0.717) is 5.56 Å². The zero-order valence-corrected chi connectivity index (χ0v) is 17.0. The third kappa shape index (κ3) is 4.11. The number of imidazole rings is 1. The van der Waals surface area contributed by atoms with Crippen molar-refractivity contribution < 1.29 is 4.79 Å². The number of aromatic nitrogens is 2. The number of nitrogens with one attached hydrogen (secondary N) is 3. The van der Waals surface area contributed by atoms with E-state index in [-0.39, 0.29) is 11.0 Å². The van der Waals surface area contributed by atoms with Crippen molar-refractivity contribution in [2.24, 2.45) is 0 Å². The Morgan fingerprint density at radius 1 is 1.00 bits per heavy atom. The van der Waals surface area contributed by atoms with Gasteiger partial charge in [0.1, 0.15) is 5.82 Å². The van der Waals surface area contributed by atoms with Crippen LogP contribution in [0.25, 0.3) is 22.4 Å². The van der Waals surface area contributed by atoms with Crippen LogP contribution in [0.3, 0.4) is 0 Å². The van der Waals surface area contributed by atoms with Gasteiger partial charge in [-0.05, 0) is 60.7 Å². The third-order valence-electron chi connectivity index (χ3n) is 4.12. The fourth-order valence-electron chi connectivity index (χ4n) is 2.77. The molecule has 7 heteroatoms. The number of hydrogen-bond donors (Lipinski definition) is 3. The summed E-state index contributed by atoms with van der Waals surface area (Å²) in [5, 5.41) is 5.97. The molecule has 0 bridgehead atoms. The molecule has 0 atom stereocenters. The number of aromatic amines is 1. The molecule has 1 heterocycles. The van der Waals surface area contributed by atoms with Gasteiger partial charge in [-0.15, -0.1) is 0 Å². The normalized spacial score (nSPS) is 10.6. The van der Waals surface area contributed by atoms with Crippen molar-refractivity contribution in [3.05, 3.63) is 82.8 Å². The molecular formula is C21H15BrN4OS. The van der Waals surface area contributed by atoms with Crippen molar-refractivity contribution >= 4 is 55.9 Å². The van der Waals surface area contributed by atoms with E-state index in [1.54, 1.807) is 12.1 Å². The second kappa shape index (κ2) is 7.92. The van der Waals surface area contributed by atoms with Crippen LogP contribution >= 0.6 is 28.1 Å². The summed E-state index contributed by atoms with van der Waals surface area (Å²) in [5.74, 6) is 0.508. The number of hydrogen-bond acceptors (Lipinski definition) is 3. The summed E-state index contributed by atoms with van der Waals surface area (Å²) in [6, 6.07) is 22.6. The van der Waals surface area contributed by atoms with Gasteiger partial charge in [-0.2, -0.15) is 0 Å². The van der Waals surface area contributed by atoms with E-state index >= 15 is 0 Å². The monoisotopic (exact) mass is 450 g/mol. The maximum atomic E-state index is 12.3. The topological polar surface area (TPSA) is 69.8 Å². The molecule has 1 amide bonds. The lowest BCUT2D eigenvalue weighted by molar-refractivity contribution is 0.0977. The van der Waals surface area contributed by atoms with Crippen LogP contribution in [-0.2, 0) is 0 Å².